The van der Waals surface area contributed by atoms with E-state index in [4.69, 9.17) is 4.18 Å². The normalized spacial score (nSPS) is 11.5. The fourth-order valence-corrected chi connectivity index (χ4v) is 5.17. The van der Waals surface area contributed by atoms with Crippen molar-refractivity contribution in [3.05, 3.63) is 101 Å². The molecule has 0 aliphatic rings. The predicted octanol–water partition coefficient (Wildman–Crippen LogP) is 4.70. The Kier molecular flexibility index (Phi) is 5.64. The second kappa shape index (κ2) is 8.36. The molecule has 4 rings (SSSR count). The first-order valence-corrected chi connectivity index (χ1v) is 11.0. The lowest BCUT2D eigenvalue weighted by molar-refractivity contribution is 0.370. The largest absolute Gasteiger partial charge is 0.314 e. The SMILES string of the molecule is N#Cc1cc2cc(Cc3ccccc3COS)ccc2n1S(=O)(=O)c1ccccc1. The Morgan fingerprint density at radius 1 is 0.933 bits per heavy atom. The fourth-order valence-electron chi connectivity index (χ4n) is 3.54. The molecule has 0 unspecified atom stereocenters. The Morgan fingerprint density at radius 3 is 2.33 bits per heavy atom. The zero-order valence-corrected chi connectivity index (χ0v) is 17.6. The van der Waals surface area contributed by atoms with Crippen molar-refractivity contribution >= 4 is 33.8 Å². The van der Waals surface area contributed by atoms with Gasteiger partial charge >= 0.3 is 0 Å². The van der Waals surface area contributed by atoms with Gasteiger partial charge in [-0.15, -0.1) is 0 Å². The molecule has 1 aromatic heterocycles. The van der Waals surface area contributed by atoms with Crippen molar-refractivity contribution in [3.8, 4) is 6.07 Å². The molecule has 0 aliphatic carbocycles. The van der Waals surface area contributed by atoms with Crippen molar-refractivity contribution in [1.29, 1.82) is 5.26 Å². The first kappa shape index (κ1) is 20.2. The molecule has 7 heteroatoms. The third-order valence-corrected chi connectivity index (χ3v) is 6.82. The number of nitrogens with zero attached hydrogens (tertiary/aromatic N) is 2. The molecule has 30 heavy (non-hydrogen) atoms. The molecule has 4 aromatic rings. The van der Waals surface area contributed by atoms with E-state index in [0.717, 1.165) is 20.7 Å². The maximum absolute atomic E-state index is 13.2. The second-order valence-corrected chi connectivity index (χ2v) is 8.88. The van der Waals surface area contributed by atoms with Crippen molar-refractivity contribution in [2.24, 2.45) is 0 Å². The van der Waals surface area contributed by atoms with E-state index in [0.29, 0.717) is 23.9 Å². The van der Waals surface area contributed by atoms with Gasteiger partial charge < -0.3 is 4.18 Å². The summed E-state index contributed by atoms with van der Waals surface area (Å²) in [5.74, 6) is 0. The van der Waals surface area contributed by atoms with Crippen molar-refractivity contribution in [1.82, 2.24) is 3.97 Å². The van der Waals surface area contributed by atoms with Crippen molar-refractivity contribution < 1.29 is 12.6 Å². The van der Waals surface area contributed by atoms with E-state index in [1.807, 2.05) is 42.5 Å². The van der Waals surface area contributed by atoms with Crippen LogP contribution in [0.4, 0.5) is 0 Å². The number of thiol groups is 1. The van der Waals surface area contributed by atoms with Crippen LogP contribution in [0.15, 0.2) is 83.8 Å². The van der Waals surface area contributed by atoms with Crippen LogP contribution in [-0.4, -0.2) is 12.4 Å². The summed E-state index contributed by atoms with van der Waals surface area (Å²) in [5, 5.41) is 10.3. The first-order chi connectivity index (χ1) is 14.5. The second-order valence-electron chi connectivity index (χ2n) is 6.84. The van der Waals surface area contributed by atoms with E-state index in [2.05, 4.69) is 12.9 Å². The summed E-state index contributed by atoms with van der Waals surface area (Å²) in [6.07, 6.45) is 0.655. The maximum Gasteiger partial charge on any atom is 0.269 e. The first-order valence-electron chi connectivity index (χ1n) is 9.23. The zero-order valence-electron chi connectivity index (χ0n) is 15.9. The van der Waals surface area contributed by atoms with E-state index < -0.39 is 10.0 Å². The Balaban J connectivity index is 1.79. The molecule has 0 amide bonds. The minimum absolute atomic E-state index is 0.0786. The van der Waals surface area contributed by atoms with Gasteiger partial charge in [-0.05, 0) is 66.4 Å². The van der Waals surface area contributed by atoms with Crippen LogP contribution < -0.4 is 0 Å². The lowest BCUT2D eigenvalue weighted by Crippen LogP contribution is -2.14. The van der Waals surface area contributed by atoms with E-state index in [9.17, 15) is 13.7 Å². The number of nitriles is 1. The maximum atomic E-state index is 13.2. The van der Waals surface area contributed by atoms with Gasteiger partial charge in [0.05, 0.1) is 17.0 Å². The molecule has 1 heterocycles. The Bertz CT molecular complexity index is 1350. The van der Waals surface area contributed by atoms with Gasteiger partial charge in [-0.2, -0.15) is 5.26 Å². The van der Waals surface area contributed by atoms with Gasteiger partial charge in [0.25, 0.3) is 10.0 Å². The summed E-state index contributed by atoms with van der Waals surface area (Å²) in [5.41, 5.74) is 3.70. The molecule has 0 atom stereocenters. The molecule has 5 nitrogen and oxygen atoms in total. The average molecular weight is 435 g/mol. The van der Waals surface area contributed by atoms with E-state index in [1.54, 1.807) is 30.3 Å². The molecule has 0 saturated carbocycles. The summed E-state index contributed by atoms with van der Waals surface area (Å²) < 4.78 is 32.4. The van der Waals surface area contributed by atoms with Crippen LogP contribution in [0.3, 0.4) is 0 Å². The number of aromatic nitrogens is 1. The highest BCUT2D eigenvalue weighted by molar-refractivity contribution is 7.90. The third kappa shape index (κ3) is 3.73. The van der Waals surface area contributed by atoms with Crippen LogP contribution in [0.25, 0.3) is 10.9 Å². The molecular weight excluding hydrogens is 416 g/mol. The highest BCUT2D eigenvalue weighted by Crippen LogP contribution is 2.27. The van der Waals surface area contributed by atoms with Crippen molar-refractivity contribution in [2.45, 2.75) is 17.9 Å². The Labute approximate surface area is 180 Å². The van der Waals surface area contributed by atoms with Gasteiger partial charge in [-0.1, -0.05) is 48.5 Å². The van der Waals surface area contributed by atoms with Crippen LogP contribution in [0, 0.1) is 11.3 Å². The summed E-state index contributed by atoms with van der Waals surface area (Å²) in [6, 6.07) is 25.2. The summed E-state index contributed by atoms with van der Waals surface area (Å²) in [6.45, 7) is 0.395. The topological polar surface area (TPSA) is 72.1 Å². The summed E-state index contributed by atoms with van der Waals surface area (Å²) in [7, 11) is -3.88. The van der Waals surface area contributed by atoms with E-state index in [-0.39, 0.29) is 10.6 Å². The van der Waals surface area contributed by atoms with Gasteiger partial charge in [-0.25, -0.2) is 12.4 Å². The zero-order chi connectivity index (χ0) is 21.1. The van der Waals surface area contributed by atoms with Crippen LogP contribution in [0.5, 0.6) is 0 Å². The number of hydrogen-bond donors (Lipinski definition) is 1. The van der Waals surface area contributed by atoms with Gasteiger partial charge in [0.1, 0.15) is 11.8 Å². The molecule has 150 valence electrons. The molecule has 0 aliphatic heterocycles. The van der Waals surface area contributed by atoms with Crippen LogP contribution in [0.1, 0.15) is 22.4 Å². The number of benzene rings is 3. The van der Waals surface area contributed by atoms with Gasteiger partial charge in [0, 0.05) is 5.39 Å². The number of hydrogen-bond acceptors (Lipinski definition) is 5. The third-order valence-electron chi connectivity index (χ3n) is 4.95. The Morgan fingerprint density at radius 2 is 1.63 bits per heavy atom. The summed E-state index contributed by atoms with van der Waals surface area (Å²) in [4.78, 5) is 0.142. The smallest absolute Gasteiger partial charge is 0.269 e. The van der Waals surface area contributed by atoms with E-state index >= 15 is 0 Å². The predicted molar refractivity (Wildman–Crippen MR) is 119 cm³/mol. The lowest BCUT2D eigenvalue weighted by atomic mass is 9.99. The molecule has 0 N–H and O–H groups in total. The number of fused-ring (bicyclic) bond motifs is 1. The molecule has 0 saturated heterocycles. The number of rotatable bonds is 6. The Hall–Kier alpha value is -3.05. The standard InChI is InChI=1S/C23H18N2O3S2/c24-15-21-14-20-13-17(12-18-6-4-5-7-19(18)16-28-29)10-11-23(20)25(21)30(26,27)22-8-2-1-3-9-22/h1-11,13-14,29H,12,16H2. The minimum Gasteiger partial charge on any atom is -0.314 e. The van der Waals surface area contributed by atoms with Crippen LogP contribution in [-0.2, 0) is 27.2 Å². The molecule has 0 spiro atoms. The van der Waals surface area contributed by atoms with Gasteiger partial charge in [0.2, 0.25) is 0 Å². The van der Waals surface area contributed by atoms with Crippen molar-refractivity contribution in [2.75, 3.05) is 0 Å². The highest BCUT2D eigenvalue weighted by atomic mass is 32.2. The quantitative estimate of drug-likeness (QED) is 0.353. The van der Waals surface area contributed by atoms with Gasteiger partial charge in [-0.3, -0.25) is 0 Å². The molecule has 3 aromatic carbocycles. The molecule has 0 bridgehead atoms. The minimum atomic E-state index is -3.88. The van der Waals surface area contributed by atoms with Gasteiger partial charge in [0.15, 0.2) is 0 Å². The van der Waals surface area contributed by atoms with E-state index in [1.165, 1.54) is 12.1 Å². The van der Waals surface area contributed by atoms with Crippen molar-refractivity contribution in [3.63, 3.8) is 0 Å². The monoisotopic (exact) mass is 434 g/mol. The molecule has 0 radical (unpaired) electrons. The highest BCUT2D eigenvalue weighted by Gasteiger charge is 2.23. The average Bonchev–Trinajstić information content (AvgIpc) is 3.14. The molecular formula is C23H18N2O3S2. The van der Waals surface area contributed by atoms with Crippen LogP contribution >= 0.6 is 12.9 Å². The van der Waals surface area contributed by atoms with Crippen LogP contribution in [0.2, 0.25) is 0 Å². The molecule has 0 fully saturated rings. The fraction of sp³-hybridized carbons (Fsp3) is 0.0870. The lowest BCUT2D eigenvalue weighted by Gasteiger charge is -2.10. The summed E-state index contributed by atoms with van der Waals surface area (Å²) >= 11 is 3.85.